The van der Waals surface area contributed by atoms with Gasteiger partial charge in [-0.25, -0.2) is 4.79 Å². The maximum Gasteiger partial charge on any atom is 0.339 e. The van der Waals surface area contributed by atoms with Gasteiger partial charge in [0.1, 0.15) is 0 Å². The summed E-state index contributed by atoms with van der Waals surface area (Å²) in [7, 11) is 0. The molecule has 0 N–H and O–H groups in total. The molecule has 0 aromatic carbocycles. The number of nitrogens with zero attached hydrogens (tertiary/aromatic N) is 1. The van der Waals surface area contributed by atoms with E-state index in [-0.39, 0.29) is 5.97 Å². The summed E-state index contributed by atoms with van der Waals surface area (Å²) in [6.45, 7) is 2.27. The quantitative estimate of drug-likeness (QED) is 0.772. The number of esters is 1. The standard InChI is InChI=1S/C16H21NO2/c1-2-19-16(18)13-9-10-14(11-5-3-4-6-11)17-15(13)12-7-8-12/h9-12H,2-8H2,1H3. The predicted molar refractivity (Wildman–Crippen MR) is 73.4 cm³/mol. The molecule has 0 amide bonds. The van der Waals surface area contributed by atoms with Crippen LogP contribution in [0.15, 0.2) is 12.1 Å². The van der Waals surface area contributed by atoms with Crippen LogP contribution in [0.5, 0.6) is 0 Å². The van der Waals surface area contributed by atoms with Crippen LogP contribution in [0.1, 0.15) is 79.0 Å². The lowest BCUT2D eigenvalue weighted by atomic mass is 10.0. The molecule has 0 atom stereocenters. The summed E-state index contributed by atoms with van der Waals surface area (Å²) in [6, 6.07) is 3.97. The van der Waals surface area contributed by atoms with Gasteiger partial charge in [-0.15, -0.1) is 0 Å². The van der Waals surface area contributed by atoms with Crippen LogP contribution in [0.3, 0.4) is 0 Å². The van der Waals surface area contributed by atoms with Crippen LogP contribution in [-0.2, 0) is 4.74 Å². The number of pyridine rings is 1. The van der Waals surface area contributed by atoms with Crippen molar-refractivity contribution in [1.29, 1.82) is 0 Å². The molecule has 3 nitrogen and oxygen atoms in total. The first-order valence-electron chi connectivity index (χ1n) is 7.47. The Kier molecular flexibility index (Phi) is 3.54. The summed E-state index contributed by atoms with van der Waals surface area (Å²) in [5, 5.41) is 0. The summed E-state index contributed by atoms with van der Waals surface area (Å²) in [5.41, 5.74) is 2.86. The van der Waals surface area contributed by atoms with E-state index in [4.69, 9.17) is 9.72 Å². The lowest BCUT2D eigenvalue weighted by Gasteiger charge is -2.13. The second-order valence-electron chi connectivity index (χ2n) is 5.65. The Morgan fingerprint density at radius 3 is 2.58 bits per heavy atom. The number of carbonyl (C=O) groups is 1. The fourth-order valence-electron chi connectivity index (χ4n) is 2.99. The van der Waals surface area contributed by atoms with Crippen molar-refractivity contribution in [2.45, 2.75) is 57.3 Å². The molecular weight excluding hydrogens is 238 g/mol. The van der Waals surface area contributed by atoms with Gasteiger partial charge >= 0.3 is 5.97 Å². The summed E-state index contributed by atoms with van der Waals surface area (Å²) < 4.78 is 5.13. The Balaban J connectivity index is 1.90. The van der Waals surface area contributed by atoms with Crippen molar-refractivity contribution < 1.29 is 9.53 Å². The smallest absolute Gasteiger partial charge is 0.339 e. The summed E-state index contributed by atoms with van der Waals surface area (Å²) in [5.74, 6) is 0.879. The Labute approximate surface area is 114 Å². The molecule has 0 spiro atoms. The number of ether oxygens (including phenoxy) is 1. The molecule has 3 rings (SSSR count). The summed E-state index contributed by atoms with van der Waals surface area (Å²) in [6.07, 6.45) is 7.43. The lowest BCUT2D eigenvalue weighted by molar-refractivity contribution is 0.0524. The van der Waals surface area contributed by atoms with Crippen molar-refractivity contribution in [3.63, 3.8) is 0 Å². The highest BCUT2D eigenvalue weighted by Crippen LogP contribution is 2.42. The van der Waals surface area contributed by atoms with Crippen molar-refractivity contribution in [3.05, 3.63) is 29.1 Å². The van der Waals surface area contributed by atoms with Gasteiger partial charge in [-0.3, -0.25) is 4.98 Å². The minimum atomic E-state index is -0.213. The zero-order valence-corrected chi connectivity index (χ0v) is 11.5. The molecule has 102 valence electrons. The average Bonchev–Trinajstić information content (AvgIpc) is 3.13. The van der Waals surface area contributed by atoms with Crippen LogP contribution < -0.4 is 0 Å². The van der Waals surface area contributed by atoms with Gasteiger partial charge < -0.3 is 4.74 Å². The summed E-state index contributed by atoms with van der Waals surface area (Å²) in [4.78, 5) is 16.8. The molecular formula is C16H21NO2. The molecule has 2 aliphatic rings. The van der Waals surface area contributed by atoms with Gasteiger partial charge in [0.2, 0.25) is 0 Å². The molecule has 0 radical (unpaired) electrons. The van der Waals surface area contributed by atoms with Crippen LogP contribution in [0.4, 0.5) is 0 Å². The van der Waals surface area contributed by atoms with E-state index < -0.39 is 0 Å². The minimum Gasteiger partial charge on any atom is -0.462 e. The van der Waals surface area contributed by atoms with Crippen molar-refractivity contribution in [2.24, 2.45) is 0 Å². The van der Waals surface area contributed by atoms with Crippen LogP contribution >= 0.6 is 0 Å². The lowest BCUT2D eigenvalue weighted by Crippen LogP contribution is -2.11. The Hall–Kier alpha value is -1.38. The zero-order chi connectivity index (χ0) is 13.2. The summed E-state index contributed by atoms with van der Waals surface area (Å²) >= 11 is 0. The first-order valence-corrected chi connectivity index (χ1v) is 7.47. The van der Waals surface area contributed by atoms with Crippen molar-refractivity contribution in [1.82, 2.24) is 4.98 Å². The molecule has 2 aliphatic carbocycles. The van der Waals surface area contributed by atoms with Gasteiger partial charge in [-0.05, 0) is 44.7 Å². The number of aromatic nitrogens is 1. The third-order valence-electron chi connectivity index (χ3n) is 4.18. The molecule has 0 aliphatic heterocycles. The third kappa shape index (κ3) is 2.65. The van der Waals surface area contributed by atoms with Crippen molar-refractivity contribution in [2.75, 3.05) is 6.61 Å². The number of hydrogen-bond acceptors (Lipinski definition) is 3. The van der Waals surface area contributed by atoms with Crippen molar-refractivity contribution >= 4 is 5.97 Å². The van der Waals surface area contributed by atoms with Gasteiger partial charge in [-0.1, -0.05) is 12.8 Å². The van der Waals surface area contributed by atoms with Gasteiger partial charge in [0.25, 0.3) is 0 Å². The zero-order valence-electron chi connectivity index (χ0n) is 11.5. The first kappa shape index (κ1) is 12.6. The third-order valence-corrected chi connectivity index (χ3v) is 4.18. The largest absolute Gasteiger partial charge is 0.462 e. The second kappa shape index (κ2) is 5.32. The second-order valence-corrected chi connectivity index (χ2v) is 5.65. The molecule has 2 saturated carbocycles. The monoisotopic (exact) mass is 259 g/mol. The van der Waals surface area contributed by atoms with E-state index in [2.05, 4.69) is 0 Å². The number of rotatable bonds is 4. The van der Waals surface area contributed by atoms with Crippen LogP contribution in [-0.4, -0.2) is 17.6 Å². The fourth-order valence-corrected chi connectivity index (χ4v) is 2.99. The molecule has 19 heavy (non-hydrogen) atoms. The van der Waals surface area contributed by atoms with E-state index in [1.807, 2.05) is 19.1 Å². The number of hydrogen-bond donors (Lipinski definition) is 0. The molecule has 1 heterocycles. The molecule has 0 bridgehead atoms. The highest BCUT2D eigenvalue weighted by atomic mass is 16.5. The van der Waals surface area contributed by atoms with E-state index in [9.17, 15) is 4.79 Å². The van der Waals surface area contributed by atoms with Crippen LogP contribution in [0.25, 0.3) is 0 Å². The van der Waals surface area contributed by atoms with Gasteiger partial charge in [0.15, 0.2) is 0 Å². The topological polar surface area (TPSA) is 39.2 Å². The van der Waals surface area contributed by atoms with Gasteiger partial charge in [0, 0.05) is 17.5 Å². The molecule has 3 heteroatoms. The SMILES string of the molecule is CCOC(=O)c1ccc(C2CCCC2)nc1C1CC1. The minimum absolute atomic E-state index is 0.213. The predicted octanol–water partition coefficient (Wildman–Crippen LogP) is 3.79. The number of carbonyl (C=O) groups excluding carboxylic acids is 1. The van der Waals surface area contributed by atoms with E-state index in [1.165, 1.54) is 31.4 Å². The Morgan fingerprint density at radius 1 is 1.21 bits per heavy atom. The first-order chi connectivity index (χ1) is 9.29. The Bertz CT molecular complexity index is 474. The van der Waals surface area contributed by atoms with Crippen LogP contribution in [0.2, 0.25) is 0 Å². The van der Waals surface area contributed by atoms with E-state index in [0.29, 0.717) is 24.0 Å². The normalized spacial score (nSPS) is 19.6. The molecule has 0 saturated heterocycles. The fraction of sp³-hybridized carbons (Fsp3) is 0.625. The maximum absolute atomic E-state index is 12.0. The van der Waals surface area contributed by atoms with Gasteiger partial charge in [0.05, 0.1) is 17.9 Å². The van der Waals surface area contributed by atoms with Gasteiger partial charge in [-0.2, -0.15) is 0 Å². The Morgan fingerprint density at radius 2 is 1.95 bits per heavy atom. The molecule has 0 unspecified atom stereocenters. The highest BCUT2D eigenvalue weighted by Gasteiger charge is 2.31. The molecule has 1 aromatic rings. The van der Waals surface area contributed by atoms with E-state index in [0.717, 1.165) is 18.5 Å². The maximum atomic E-state index is 12.0. The molecule has 1 aromatic heterocycles. The molecule has 2 fully saturated rings. The van der Waals surface area contributed by atoms with E-state index >= 15 is 0 Å². The van der Waals surface area contributed by atoms with E-state index in [1.54, 1.807) is 0 Å². The van der Waals surface area contributed by atoms with Crippen molar-refractivity contribution in [3.8, 4) is 0 Å². The average molecular weight is 259 g/mol. The highest BCUT2D eigenvalue weighted by molar-refractivity contribution is 5.91. The van der Waals surface area contributed by atoms with Crippen LogP contribution in [0, 0.1) is 0 Å².